The van der Waals surface area contributed by atoms with Gasteiger partial charge in [0.05, 0.1) is 7.11 Å². The largest absolute Gasteiger partial charge is 0.493 e. The molecule has 0 radical (unpaired) electrons. The number of nitrogens with zero attached hydrogens (tertiary/aromatic N) is 2. The zero-order valence-electron chi connectivity index (χ0n) is 9.82. The molecular formula is C11H19N3O. The first-order valence-electron chi connectivity index (χ1n) is 5.03. The molecule has 0 fully saturated rings. The van der Waals surface area contributed by atoms with Crippen molar-refractivity contribution in [2.75, 3.05) is 33.1 Å². The highest BCUT2D eigenvalue weighted by Crippen LogP contribution is 2.20. The van der Waals surface area contributed by atoms with Gasteiger partial charge >= 0.3 is 0 Å². The van der Waals surface area contributed by atoms with Gasteiger partial charge in [-0.2, -0.15) is 0 Å². The van der Waals surface area contributed by atoms with Gasteiger partial charge in [-0.15, -0.1) is 0 Å². The van der Waals surface area contributed by atoms with Crippen molar-refractivity contribution in [1.82, 2.24) is 9.88 Å². The van der Waals surface area contributed by atoms with Gasteiger partial charge in [0, 0.05) is 18.8 Å². The normalized spacial score (nSPS) is 12.6. The lowest BCUT2D eigenvalue weighted by Crippen LogP contribution is -2.30. The van der Waals surface area contributed by atoms with Crippen LogP contribution in [0.4, 0.5) is 5.82 Å². The van der Waals surface area contributed by atoms with Crippen LogP contribution >= 0.6 is 0 Å². The molecule has 84 valence electrons. The van der Waals surface area contributed by atoms with Crippen LogP contribution in [0.5, 0.6) is 5.75 Å². The molecular weight excluding hydrogens is 190 g/mol. The molecule has 0 amide bonds. The van der Waals surface area contributed by atoms with E-state index < -0.39 is 0 Å². The minimum Gasteiger partial charge on any atom is -0.493 e. The Kier molecular flexibility index (Phi) is 4.37. The Hall–Kier alpha value is -1.29. The van der Waals surface area contributed by atoms with Crippen LogP contribution in [0.1, 0.15) is 6.92 Å². The molecule has 0 aliphatic heterocycles. The van der Waals surface area contributed by atoms with Crippen molar-refractivity contribution in [2.45, 2.75) is 13.0 Å². The Bertz CT molecular complexity index is 302. The van der Waals surface area contributed by atoms with Crippen molar-refractivity contribution < 1.29 is 4.74 Å². The molecule has 1 unspecified atom stereocenters. The van der Waals surface area contributed by atoms with Crippen LogP contribution in [-0.4, -0.2) is 43.7 Å². The second-order valence-electron chi connectivity index (χ2n) is 3.86. The molecule has 1 rings (SSSR count). The summed E-state index contributed by atoms with van der Waals surface area (Å²) >= 11 is 0. The van der Waals surface area contributed by atoms with Crippen LogP contribution in [-0.2, 0) is 0 Å². The molecule has 0 aliphatic rings. The van der Waals surface area contributed by atoms with E-state index >= 15 is 0 Å². The van der Waals surface area contributed by atoms with Crippen molar-refractivity contribution in [3.63, 3.8) is 0 Å². The van der Waals surface area contributed by atoms with Gasteiger partial charge in [-0.1, -0.05) is 0 Å². The number of hydrogen-bond acceptors (Lipinski definition) is 4. The lowest BCUT2D eigenvalue weighted by molar-refractivity contribution is 0.388. The van der Waals surface area contributed by atoms with E-state index in [9.17, 15) is 0 Å². The lowest BCUT2D eigenvalue weighted by Gasteiger charge is -2.19. The summed E-state index contributed by atoms with van der Waals surface area (Å²) in [6, 6.07) is 4.10. The minimum absolute atomic E-state index is 0.337. The fourth-order valence-electron chi connectivity index (χ4n) is 1.49. The third-order valence-corrected chi connectivity index (χ3v) is 2.01. The number of anilines is 1. The van der Waals surface area contributed by atoms with Crippen LogP contribution in [0.2, 0.25) is 0 Å². The van der Waals surface area contributed by atoms with Crippen molar-refractivity contribution in [3.8, 4) is 5.75 Å². The topological polar surface area (TPSA) is 37.4 Å². The minimum atomic E-state index is 0.337. The molecule has 1 heterocycles. The molecule has 4 nitrogen and oxygen atoms in total. The molecule has 0 aliphatic carbocycles. The van der Waals surface area contributed by atoms with Crippen molar-refractivity contribution in [3.05, 3.63) is 18.3 Å². The average molecular weight is 209 g/mol. The number of ether oxygens (including phenoxy) is 1. The summed E-state index contributed by atoms with van der Waals surface area (Å²) in [5.41, 5.74) is 0. The smallest absolute Gasteiger partial charge is 0.168 e. The van der Waals surface area contributed by atoms with Crippen LogP contribution < -0.4 is 10.1 Å². The number of hydrogen-bond donors (Lipinski definition) is 1. The summed E-state index contributed by atoms with van der Waals surface area (Å²) < 4.78 is 5.21. The van der Waals surface area contributed by atoms with Gasteiger partial charge in [0.25, 0.3) is 0 Å². The Morgan fingerprint density at radius 3 is 2.87 bits per heavy atom. The van der Waals surface area contributed by atoms with E-state index in [-0.39, 0.29) is 0 Å². The zero-order chi connectivity index (χ0) is 11.3. The maximum Gasteiger partial charge on any atom is 0.168 e. The summed E-state index contributed by atoms with van der Waals surface area (Å²) in [5.74, 6) is 1.58. The maximum atomic E-state index is 5.21. The van der Waals surface area contributed by atoms with E-state index in [0.717, 1.165) is 18.1 Å². The maximum absolute atomic E-state index is 5.21. The standard InChI is InChI=1S/C11H19N3O/c1-9(8-14(2)3)13-11-10(15-4)6-5-7-12-11/h5-7,9H,8H2,1-4H3,(H,12,13). The van der Waals surface area contributed by atoms with Gasteiger partial charge in [0.2, 0.25) is 0 Å². The molecule has 0 bridgehead atoms. The number of methoxy groups -OCH3 is 1. The van der Waals surface area contributed by atoms with E-state index in [0.29, 0.717) is 6.04 Å². The summed E-state index contributed by atoms with van der Waals surface area (Å²) in [5, 5.41) is 3.31. The highest BCUT2D eigenvalue weighted by atomic mass is 16.5. The SMILES string of the molecule is COc1cccnc1NC(C)CN(C)C. The molecule has 0 spiro atoms. The second-order valence-corrected chi connectivity index (χ2v) is 3.86. The lowest BCUT2D eigenvalue weighted by atomic mass is 10.3. The van der Waals surface area contributed by atoms with Gasteiger partial charge in [-0.05, 0) is 33.2 Å². The Morgan fingerprint density at radius 1 is 1.53 bits per heavy atom. The number of aromatic nitrogens is 1. The first-order chi connectivity index (χ1) is 7.13. The van der Waals surface area contributed by atoms with E-state index in [1.807, 2.05) is 26.2 Å². The van der Waals surface area contributed by atoms with Gasteiger partial charge in [-0.3, -0.25) is 0 Å². The molecule has 0 saturated carbocycles. The van der Waals surface area contributed by atoms with E-state index in [1.165, 1.54) is 0 Å². The quantitative estimate of drug-likeness (QED) is 0.796. The molecule has 0 aromatic carbocycles. The Labute approximate surface area is 91.3 Å². The van der Waals surface area contributed by atoms with Gasteiger partial charge in [0.1, 0.15) is 0 Å². The molecule has 1 aromatic rings. The predicted molar refractivity (Wildman–Crippen MR) is 62.4 cm³/mol. The zero-order valence-corrected chi connectivity index (χ0v) is 9.82. The van der Waals surface area contributed by atoms with Crippen molar-refractivity contribution >= 4 is 5.82 Å². The third kappa shape index (κ3) is 3.75. The van der Waals surface area contributed by atoms with Gasteiger partial charge < -0.3 is 15.0 Å². The molecule has 0 saturated heterocycles. The summed E-state index contributed by atoms with van der Waals surface area (Å²) in [6.45, 7) is 3.08. The van der Waals surface area contributed by atoms with Crippen LogP contribution in [0.3, 0.4) is 0 Å². The fourth-order valence-corrected chi connectivity index (χ4v) is 1.49. The molecule has 4 heteroatoms. The number of likely N-dealkylation sites (N-methyl/N-ethyl adjacent to an activating group) is 1. The highest BCUT2D eigenvalue weighted by molar-refractivity contribution is 5.49. The molecule has 1 atom stereocenters. The average Bonchev–Trinajstić information content (AvgIpc) is 2.17. The Balaban J connectivity index is 2.63. The van der Waals surface area contributed by atoms with Crippen LogP contribution in [0.15, 0.2) is 18.3 Å². The van der Waals surface area contributed by atoms with Crippen LogP contribution in [0.25, 0.3) is 0 Å². The first-order valence-corrected chi connectivity index (χ1v) is 5.03. The Morgan fingerprint density at radius 2 is 2.27 bits per heavy atom. The van der Waals surface area contributed by atoms with Crippen molar-refractivity contribution in [2.24, 2.45) is 0 Å². The fraction of sp³-hybridized carbons (Fsp3) is 0.545. The monoisotopic (exact) mass is 209 g/mol. The van der Waals surface area contributed by atoms with E-state index in [4.69, 9.17) is 4.74 Å². The predicted octanol–water partition coefficient (Wildman–Crippen LogP) is 1.45. The number of pyridine rings is 1. The first kappa shape index (κ1) is 11.8. The third-order valence-electron chi connectivity index (χ3n) is 2.01. The molecule has 1 N–H and O–H groups in total. The summed E-state index contributed by atoms with van der Waals surface area (Å²) in [4.78, 5) is 6.37. The number of nitrogens with one attached hydrogen (secondary N) is 1. The van der Waals surface area contributed by atoms with E-state index in [2.05, 4.69) is 22.1 Å². The van der Waals surface area contributed by atoms with Gasteiger partial charge in [0.15, 0.2) is 11.6 Å². The number of rotatable bonds is 5. The highest BCUT2D eigenvalue weighted by Gasteiger charge is 2.07. The second kappa shape index (κ2) is 5.56. The van der Waals surface area contributed by atoms with Gasteiger partial charge in [-0.25, -0.2) is 4.98 Å². The molecule has 1 aromatic heterocycles. The van der Waals surface area contributed by atoms with Crippen molar-refractivity contribution in [1.29, 1.82) is 0 Å². The van der Waals surface area contributed by atoms with E-state index in [1.54, 1.807) is 13.3 Å². The molecule has 15 heavy (non-hydrogen) atoms. The van der Waals surface area contributed by atoms with Crippen LogP contribution in [0, 0.1) is 0 Å². The summed E-state index contributed by atoms with van der Waals surface area (Å²) in [6.07, 6.45) is 1.76. The summed E-state index contributed by atoms with van der Waals surface area (Å²) in [7, 11) is 5.75.